The Balaban J connectivity index is 1.81. The maximum atomic E-state index is 12.8. The molecule has 0 fully saturated rings. The van der Waals surface area contributed by atoms with Crippen LogP contribution < -0.4 is 14.3 Å². The van der Waals surface area contributed by atoms with Gasteiger partial charge >= 0.3 is 11.9 Å². The minimum absolute atomic E-state index is 0.0993. The Morgan fingerprint density at radius 1 is 1.03 bits per heavy atom. The van der Waals surface area contributed by atoms with Crippen LogP contribution in [0.15, 0.2) is 41.4 Å². The molecule has 0 saturated carbocycles. The topological polar surface area (TPSA) is 105 Å². The Kier molecular flexibility index (Phi) is 5.23. The van der Waals surface area contributed by atoms with Gasteiger partial charge in [0.25, 0.3) is 5.91 Å². The molecule has 0 radical (unpaired) electrons. The average molecular weight is 428 g/mol. The van der Waals surface area contributed by atoms with Crippen LogP contribution in [0.3, 0.4) is 0 Å². The molecule has 10 heteroatoms. The maximum absolute atomic E-state index is 12.8. The predicted octanol–water partition coefficient (Wildman–Crippen LogP) is 2.13. The van der Waals surface area contributed by atoms with Crippen LogP contribution in [-0.2, 0) is 20.8 Å². The highest BCUT2D eigenvalue weighted by Crippen LogP contribution is 2.32. The first-order chi connectivity index (χ1) is 14.5. The van der Waals surface area contributed by atoms with Crippen LogP contribution in [0.25, 0.3) is 10.2 Å². The van der Waals surface area contributed by atoms with Gasteiger partial charge in [-0.3, -0.25) is 9.59 Å². The molecule has 0 spiro atoms. The summed E-state index contributed by atoms with van der Waals surface area (Å²) in [4.78, 5) is 41.0. The molecule has 2 heterocycles. The molecule has 0 aliphatic carbocycles. The Morgan fingerprint density at radius 3 is 2.57 bits per heavy atom. The quantitative estimate of drug-likeness (QED) is 0.586. The Morgan fingerprint density at radius 2 is 1.80 bits per heavy atom. The smallest absolute Gasteiger partial charge is 0.337 e. The minimum atomic E-state index is -0.508. The van der Waals surface area contributed by atoms with E-state index in [1.807, 2.05) is 0 Å². The summed E-state index contributed by atoms with van der Waals surface area (Å²) in [6, 6.07) is 9.67. The first kappa shape index (κ1) is 19.6. The molecule has 0 unspecified atom stereocenters. The SMILES string of the molecule is COC(=O)Cn1c(=NC(=O)c2ccc3c(c2)OCO3)sc2cc(C(=O)OC)ccc21. The van der Waals surface area contributed by atoms with Crippen LogP contribution in [0.5, 0.6) is 11.5 Å². The Hall–Kier alpha value is -3.66. The number of fused-ring (bicyclic) bond motifs is 2. The minimum Gasteiger partial charge on any atom is -0.468 e. The second-order valence-corrected chi connectivity index (χ2v) is 7.22. The summed E-state index contributed by atoms with van der Waals surface area (Å²) in [5, 5.41) is 0. The van der Waals surface area contributed by atoms with Gasteiger partial charge in [0.15, 0.2) is 16.3 Å². The number of benzene rings is 2. The third kappa shape index (κ3) is 3.64. The molecule has 154 valence electrons. The third-order valence-electron chi connectivity index (χ3n) is 4.44. The van der Waals surface area contributed by atoms with Gasteiger partial charge in [-0.25, -0.2) is 4.79 Å². The van der Waals surface area contributed by atoms with Crippen LogP contribution in [-0.4, -0.2) is 43.4 Å². The van der Waals surface area contributed by atoms with Crippen LogP contribution in [0, 0.1) is 0 Å². The second kappa shape index (κ2) is 7.99. The van der Waals surface area contributed by atoms with Gasteiger partial charge in [-0.1, -0.05) is 11.3 Å². The number of methoxy groups -OCH3 is 2. The van der Waals surface area contributed by atoms with Gasteiger partial charge in [-0.15, -0.1) is 0 Å². The summed E-state index contributed by atoms with van der Waals surface area (Å²) in [5.74, 6) is -0.461. The van der Waals surface area contributed by atoms with E-state index in [2.05, 4.69) is 4.99 Å². The molecule has 1 aromatic heterocycles. The highest BCUT2D eigenvalue weighted by atomic mass is 32.1. The lowest BCUT2D eigenvalue weighted by Crippen LogP contribution is -2.22. The number of thiazole rings is 1. The monoisotopic (exact) mass is 428 g/mol. The third-order valence-corrected chi connectivity index (χ3v) is 5.48. The van der Waals surface area contributed by atoms with Crippen molar-refractivity contribution >= 4 is 39.4 Å². The highest BCUT2D eigenvalue weighted by molar-refractivity contribution is 7.16. The lowest BCUT2D eigenvalue weighted by molar-refractivity contribution is -0.141. The number of hydrogen-bond donors (Lipinski definition) is 0. The van der Waals surface area contributed by atoms with E-state index in [-0.39, 0.29) is 13.3 Å². The molecule has 1 amide bonds. The molecule has 9 nitrogen and oxygen atoms in total. The van der Waals surface area contributed by atoms with Crippen molar-refractivity contribution < 1.29 is 33.3 Å². The van der Waals surface area contributed by atoms with Crippen LogP contribution in [0.4, 0.5) is 0 Å². The largest absolute Gasteiger partial charge is 0.468 e. The van der Waals surface area contributed by atoms with Crippen molar-refractivity contribution in [2.24, 2.45) is 4.99 Å². The van der Waals surface area contributed by atoms with Crippen molar-refractivity contribution in [2.45, 2.75) is 6.54 Å². The predicted molar refractivity (Wildman–Crippen MR) is 106 cm³/mol. The number of aromatic nitrogens is 1. The number of amides is 1. The summed E-state index contributed by atoms with van der Waals surface area (Å²) in [6.45, 7) is -0.0383. The zero-order chi connectivity index (χ0) is 21.3. The molecule has 0 saturated heterocycles. The molecular formula is C20H16N2O7S. The van der Waals surface area contributed by atoms with E-state index in [9.17, 15) is 14.4 Å². The molecule has 0 atom stereocenters. The highest BCUT2D eigenvalue weighted by Gasteiger charge is 2.18. The molecule has 0 bridgehead atoms. The van der Waals surface area contributed by atoms with E-state index in [1.54, 1.807) is 41.0 Å². The molecule has 2 aromatic carbocycles. The number of carbonyl (C=O) groups is 3. The van der Waals surface area contributed by atoms with Gasteiger partial charge in [0, 0.05) is 5.56 Å². The number of rotatable bonds is 4. The number of carbonyl (C=O) groups excluding carboxylic acids is 3. The summed E-state index contributed by atoms with van der Waals surface area (Å²) in [6.07, 6.45) is 0. The standard InChI is InChI=1S/C20H16N2O7S/c1-26-17(23)9-22-13-5-3-12(19(25)27-2)8-16(13)30-20(22)21-18(24)11-4-6-14-15(7-11)29-10-28-14/h3-8H,9-10H2,1-2H3. The van der Waals surface area contributed by atoms with Crippen molar-refractivity contribution in [3.05, 3.63) is 52.3 Å². The van der Waals surface area contributed by atoms with Gasteiger partial charge in [0.1, 0.15) is 6.54 Å². The van der Waals surface area contributed by atoms with Crippen molar-refractivity contribution in [2.75, 3.05) is 21.0 Å². The van der Waals surface area contributed by atoms with Crippen LogP contribution in [0.2, 0.25) is 0 Å². The molecule has 3 aromatic rings. The lowest BCUT2D eigenvalue weighted by atomic mass is 10.2. The average Bonchev–Trinajstić information content (AvgIpc) is 3.36. The van der Waals surface area contributed by atoms with E-state index in [0.717, 1.165) is 0 Å². The van der Waals surface area contributed by atoms with Crippen molar-refractivity contribution in [1.29, 1.82) is 0 Å². The normalized spacial score (nSPS) is 12.8. The molecule has 4 rings (SSSR count). The van der Waals surface area contributed by atoms with Gasteiger partial charge in [0.05, 0.1) is 30.0 Å². The van der Waals surface area contributed by atoms with E-state index in [0.29, 0.717) is 37.6 Å². The fourth-order valence-corrected chi connectivity index (χ4v) is 4.00. The Labute approximate surface area is 174 Å². The van der Waals surface area contributed by atoms with Crippen molar-refractivity contribution in [3.63, 3.8) is 0 Å². The van der Waals surface area contributed by atoms with E-state index < -0.39 is 17.8 Å². The molecular weight excluding hydrogens is 412 g/mol. The van der Waals surface area contributed by atoms with Gasteiger partial charge < -0.3 is 23.5 Å². The van der Waals surface area contributed by atoms with Crippen molar-refractivity contribution in [1.82, 2.24) is 4.57 Å². The summed E-state index contributed by atoms with van der Waals surface area (Å²) in [7, 11) is 2.57. The first-order valence-electron chi connectivity index (χ1n) is 8.77. The summed E-state index contributed by atoms with van der Waals surface area (Å²) < 4.78 is 22.3. The molecule has 30 heavy (non-hydrogen) atoms. The number of ether oxygens (including phenoxy) is 4. The van der Waals surface area contributed by atoms with Crippen molar-refractivity contribution in [3.8, 4) is 11.5 Å². The number of hydrogen-bond acceptors (Lipinski definition) is 8. The number of esters is 2. The Bertz CT molecular complexity index is 1240. The lowest BCUT2D eigenvalue weighted by Gasteiger charge is -2.04. The molecule has 1 aliphatic rings. The zero-order valence-corrected chi connectivity index (χ0v) is 16.9. The summed E-state index contributed by atoms with van der Waals surface area (Å²) >= 11 is 1.17. The van der Waals surface area contributed by atoms with E-state index >= 15 is 0 Å². The fraction of sp³-hybridized carbons (Fsp3) is 0.200. The van der Waals surface area contributed by atoms with E-state index in [1.165, 1.54) is 25.6 Å². The fourth-order valence-electron chi connectivity index (χ4n) is 2.93. The molecule has 1 aliphatic heterocycles. The van der Waals surface area contributed by atoms with Crippen LogP contribution >= 0.6 is 11.3 Å². The zero-order valence-electron chi connectivity index (χ0n) is 16.0. The van der Waals surface area contributed by atoms with E-state index in [4.69, 9.17) is 18.9 Å². The van der Waals surface area contributed by atoms with Gasteiger partial charge in [0.2, 0.25) is 6.79 Å². The first-order valence-corrected chi connectivity index (χ1v) is 9.59. The molecule has 0 N–H and O–H groups in total. The van der Waals surface area contributed by atoms with Gasteiger partial charge in [-0.2, -0.15) is 4.99 Å². The van der Waals surface area contributed by atoms with Crippen LogP contribution in [0.1, 0.15) is 20.7 Å². The maximum Gasteiger partial charge on any atom is 0.337 e. The number of nitrogens with zero attached hydrogens (tertiary/aromatic N) is 2. The van der Waals surface area contributed by atoms with Gasteiger partial charge in [-0.05, 0) is 36.4 Å². The summed E-state index contributed by atoms with van der Waals surface area (Å²) in [5.41, 5.74) is 1.30. The second-order valence-electron chi connectivity index (χ2n) is 6.21.